The maximum Gasteiger partial charge on any atom is 0.340 e. The van der Waals surface area contributed by atoms with E-state index in [-0.39, 0.29) is 24.0 Å². The number of amides is 2. The van der Waals surface area contributed by atoms with E-state index in [2.05, 4.69) is 5.32 Å². The van der Waals surface area contributed by atoms with Crippen LogP contribution >= 0.6 is 0 Å². The molecule has 1 saturated heterocycles. The van der Waals surface area contributed by atoms with Crippen molar-refractivity contribution in [2.24, 2.45) is 0 Å². The van der Waals surface area contributed by atoms with E-state index < -0.39 is 5.63 Å². The van der Waals surface area contributed by atoms with E-state index in [1.807, 2.05) is 4.90 Å². The number of nitrogens with zero attached hydrogens (tertiary/aromatic N) is 1. The molecule has 0 spiro atoms. The summed E-state index contributed by atoms with van der Waals surface area (Å²) in [4.78, 5) is 37.7. The lowest BCUT2D eigenvalue weighted by Crippen LogP contribution is -2.32. The van der Waals surface area contributed by atoms with Crippen molar-refractivity contribution in [3.05, 3.63) is 39.7 Å². The first kappa shape index (κ1) is 18.0. The fraction of sp³-hybridized carbons (Fsp3) is 0.421. The Morgan fingerprint density at radius 3 is 2.88 bits per heavy atom. The molecule has 0 aliphatic carbocycles. The second-order valence-corrected chi connectivity index (χ2v) is 6.54. The predicted octanol–water partition coefficient (Wildman–Crippen LogP) is 1.48. The second-order valence-electron chi connectivity index (χ2n) is 6.54. The summed E-state index contributed by atoms with van der Waals surface area (Å²) in [7, 11) is 0. The summed E-state index contributed by atoms with van der Waals surface area (Å²) >= 11 is 0. The Hall–Kier alpha value is -2.83. The third kappa shape index (κ3) is 3.87. The third-order valence-electron chi connectivity index (χ3n) is 4.71. The van der Waals surface area contributed by atoms with Crippen LogP contribution in [-0.2, 0) is 16.0 Å². The molecule has 1 aromatic carbocycles. The molecule has 138 valence electrons. The topological polar surface area (TPSA) is 99.9 Å². The quantitative estimate of drug-likeness (QED) is 0.602. The van der Waals surface area contributed by atoms with Gasteiger partial charge in [-0.25, -0.2) is 4.79 Å². The number of carbonyl (C=O) groups is 2. The molecule has 0 atom stereocenters. The van der Waals surface area contributed by atoms with Crippen LogP contribution in [0.3, 0.4) is 0 Å². The number of rotatable bonds is 6. The second kappa shape index (κ2) is 7.59. The Kier molecular flexibility index (Phi) is 5.25. The van der Waals surface area contributed by atoms with Gasteiger partial charge in [0.1, 0.15) is 11.3 Å². The molecule has 0 unspecified atom stereocenters. The molecule has 0 saturated carbocycles. The Morgan fingerprint density at radius 1 is 1.35 bits per heavy atom. The Balaban J connectivity index is 1.59. The largest absolute Gasteiger partial charge is 0.508 e. The van der Waals surface area contributed by atoms with Crippen molar-refractivity contribution in [1.29, 1.82) is 0 Å². The van der Waals surface area contributed by atoms with E-state index in [9.17, 15) is 19.5 Å². The van der Waals surface area contributed by atoms with Gasteiger partial charge in [0.2, 0.25) is 11.8 Å². The Bertz CT molecular complexity index is 903. The number of phenolic OH excluding ortho intramolecular Hbond substituents is 1. The van der Waals surface area contributed by atoms with Crippen LogP contribution in [0.15, 0.2) is 27.4 Å². The smallest absolute Gasteiger partial charge is 0.340 e. The average molecular weight is 358 g/mol. The number of nitrogens with one attached hydrogen (secondary N) is 1. The van der Waals surface area contributed by atoms with Gasteiger partial charge < -0.3 is 19.7 Å². The summed E-state index contributed by atoms with van der Waals surface area (Å²) in [6, 6.07) is 4.56. The van der Waals surface area contributed by atoms with Gasteiger partial charge >= 0.3 is 5.63 Å². The standard InChI is InChI=1S/C19H22N2O5/c1-12-14-6-5-13(22)10-16(14)26-19(25)15(12)11-17(23)20-7-3-9-21-8-2-4-18(21)24/h5-6,10,22H,2-4,7-9,11H2,1H3,(H,20,23). The highest BCUT2D eigenvalue weighted by Gasteiger charge is 2.19. The van der Waals surface area contributed by atoms with Gasteiger partial charge in [-0.1, -0.05) is 0 Å². The first-order valence-corrected chi connectivity index (χ1v) is 8.75. The molecule has 1 fully saturated rings. The zero-order valence-electron chi connectivity index (χ0n) is 14.7. The number of likely N-dealkylation sites (tertiary alicyclic amines) is 1. The van der Waals surface area contributed by atoms with Gasteiger partial charge in [-0.3, -0.25) is 9.59 Å². The summed E-state index contributed by atoms with van der Waals surface area (Å²) in [6.07, 6.45) is 2.14. The van der Waals surface area contributed by atoms with Gasteiger partial charge in [-0.15, -0.1) is 0 Å². The van der Waals surface area contributed by atoms with Crippen LogP contribution in [-0.4, -0.2) is 41.5 Å². The summed E-state index contributed by atoms with van der Waals surface area (Å²) in [6.45, 7) is 3.64. The van der Waals surface area contributed by atoms with Crippen molar-refractivity contribution in [3.8, 4) is 5.75 Å². The lowest BCUT2D eigenvalue weighted by Gasteiger charge is -2.15. The van der Waals surface area contributed by atoms with Crippen LogP contribution in [0.25, 0.3) is 11.0 Å². The van der Waals surface area contributed by atoms with Crippen molar-refractivity contribution in [2.75, 3.05) is 19.6 Å². The van der Waals surface area contributed by atoms with Crippen molar-refractivity contribution in [1.82, 2.24) is 10.2 Å². The monoisotopic (exact) mass is 358 g/mol. The van der Waals surface area contributed by atoms with Crippen molar-refractivity contribution < 1.29 is 19.1 Å². The minimum Gasteiger partial charge on any atom is -0.508 e. The summed E-state index contributed by atoms with van der Waals surface area (Å²) in [5.74, 6) is -0.0694. The Labute approximate surface area is 150 Å². The molecule has 26 heavy (non-hydrogen) atoms. The van der Waals surface area contributed by atoms with Gasteiger partial charge in [0.05, 0.1) is 12.0 Å². The summed E-state index contributed by atoms with van der Waals surface area (Å²) in [5, 5.41) is 13.0. The van der Waals surface area contributed by atoms with E-state index in [1.165, 1.54) is 12.1 Å². The van der Waals surface area contributed by atoms with Crippen LogP contribution in [0.4, 0.5) is 0 Å². The number of aromatic hydroxyl groups is 1. The lowest BCUT2D eigenvalue weighted by atomic mass is 10.0. The molecule has 7 nitrogen and oxygen atoms in total. The maximum atomic E-state index is 12.2. The first-order valence-electron chi connectivity index (χ1n) is 8.75. The van der Waals surface area contributed by atoms with Crippen molar-refractivity contribution in [3.63, 3.8) is 0 Å². The number of aryl methyl sites for hydroxylation is 1. The molecule has 1 aliphatic heterocycles. The van der Waals surface area contributed by atoms with Crippen LogP contribution < -0.4 is 10.9 Å². The molecule has 1 aromatic heterocycles. The van der Waals surface area contributed by atoms with E-state index in [0.717, 1.165) is 13.0 Å². The number of hydrogen-bond acceptors (Lipinski definition) is 5. The van der Waals surface area contributed by atoms with E-state index in [4.69, 9.17) is 4.42 Å². The molecule has 3 rings (SSSR count). The molecule has 2 N–H and O–H groups in total. The van der Waals surface area contributed by atoms with E-state index in [0.29, 0.717) is 48.0 Å². The molecule has 2 amide bonds. The molecule has 1 aliphatic rings. The minimum absolute atomic E-state index is 0.0158. The van der Waals surface area contributed by atoms with Crippen molar-refractivity contribution >= 4 is 22.8 Å². The fourth-order valence-electron chi connectivity index (χ4n) is 3.25. The summed E-state index contributed by atoms with van der Waals surface area (Å²) < 4.78 is 5.22. The molecule has 2 aromatic rings. The molecule has 7 heteroatoms. The summed E-state index contributed by atoms with van der Waals surface area (Å²) in [5.41, 5.74) is 0.717. The van der Waals surface area contributed by atoms with Crippen molar-refractivity contribution in [2.45, 2.75) is 32.6 Å². The molecule has 2 heterocycles. The Morgan fingerprint density at radius 2 is 2.15 bits per heavy atom. The van der Waals surface area contributed by atoms with Gasteiger partial charge in [0.25, 0.3) is 0 Å². The lowest BCUT2D eigenvalue weighted by molar-refractivity contribution is -0.127. The molecule has 0 radical (unpaired) electrons. The molecule has 0 bridgehead atoms. The van der Waals surface area contributed by atoms with E-state index >= 15 is 0 Å². The van der Waals surface area contributed by atoms with Crippen LogP contribution in [0, 0.1) is 6.92 Å². The molecular weight excluding hydrogens is 336 g/mol. The normalized spacial score (nSPS) is 14.2. The number of benzene rings is 1. The number of phenols is 1. The van der Waals surface area contributed by atoms with Crippen LogP contribution in [0.2, 0.25) is 0 Å². The zero-order chi connectivity index (χ0) is 18.7. The van der Waals surface area contributed by atoms with E-state index in [1.54, 1.807) is 13.0 Å². The van der Waals surface area contributed by atoms with Crippen LogP contribution in [0.1, 0.15) is 30.4 Å². The van der Waals surface area contributed by atoms with Gasteiger partial charge in [-0.2, -0.15) is 0 Å². The average Bonchev–Trinajstić information content (AvgIpc) is 3.00. The highest BCUT2D eigenvalue weighted by atomic mass is 16.4. The maximum absolute atomic E-state index is 12.2. The SMILES string of the molecule is Cc1c(CC(=O)NCCCN2CCCC2=O)c(=O)oc2cc(O)ccc12. The predicted molar refractivity (Wildman–Crippen MR) is 96.0 cm³/mol. The highest BCUT2D eigenvalue weighted by molar-refractivity contribution is 5.85. The number of hydrogen-bond donors (Lipinski definition) is 2. The third-order valence-corrected chi connectivity index (χ3v) is 4.71. The van der Waals surface area contributed by atoms with Gasteiger partial charge in [0.15, 0.2) is 0 Å². The number of carbonyl (C=O) groups excluding carboxylic acids is 2. The minimum atomic E-state index is -0.571. The zero-order valence-corrected chi connectivity index (χ0v) is 14.7. The fourth-order valence-corrected chi connectivity index (χ4v) is 3.25. The van der Waals surface area contributed by atoms with Crippen LogP contribution in [0.5, 0.6) is 5.75 Å². The molecular formula is C19H22N2O5. The first-order chi connectivity index (χ1) is 12.5. The highest BCUT2D eigenvalue weighted by Crippen LogP contribution is 2.23. The van der Waals surface area contributed by atoms with Gasteiger partial charge in [-0.05, 0) is 37.5 Å². The number of fused-ring (bicyclic) bond motifs is 1. The van der Waals surface area contributed by atoms with Gasteiger partial charge in [0, 0.05) is 37.5 Å².